The van der Waals surface area contributed by atoms with Crippen molar-refractivity contribution in [2.45, 2.75) is 20.0 Å². The van der Waals surface area contributed by atoms with Crippen molar-refractivity contribution in [2.24, 2.45) is 0 Å². The van der Waals surface area contributed by atoms with Crippen molar-refractivity contribution in [1.82, 2.24) is 4.98 Å². The van der Waals surface area contributed by atoms with Crippen LogP contribution in [0.25, 0.3) is 0 Å². The molecule has 1 unspecified atom stereocenters. The van der Waals surface area contributed by atoms with Gasteiger partial charge in [0.2, 0.25) is 6.10 Å². The van der Waals surface area contributed by atoms with Crippen molar-refractivity contribution in [3.63, 3.8) is 0 Å². The molecule has 1 atom stereocenters. The largest absolute Gasteiger partial charge is 0.472 e. The zero-order valence-electron chi connectivity index (χ0n) is 16.3. The first kappa shape index (κ1) is 18.7. The predicted molar refractivity (Wildman–Crippen MR) is 111 cm³/mol. The molecule has 1 aliphatic heterocycles. The van der Waals surface area contributed by atoms with E-state index < -0.39 is 6.10 Å². The monoisotopic (exact) mass is 387 g/mol. The van der Waals surface area contributed by atoms with Gasteiger partial charge in [-0.3, -0.25) is 14.5 Å². The Morgan fingerprint density at radius 1 is 1.07 bits per heavy atom. The first-order valence-corrected chi connectivity index (χ1v) is 9.34. The van der Waals surface area contributed by atoms with E-state index in [-0.39, 0.29) is 29.9 Å². The lowest BCUT2D eigenvalue weighted by Gasteiger charge is -2.33. The Hall–Kier alpha value is -3.67. The number of nitrogen functional groups attached to an aromatic ring is 1. The van der Waals surface area contributed by atoms with Crippen LogP contribution in [0.4, 0.5) is 11.6 Å². The SMILES string of the molecule is Cc1ccc(C(=O)CN2C(=O)C(c3ccccc3)Oc3ccc(N)nc32)cc1C. The second kappa shape index (κ2) is 7.39. The fraction of sp³-hybridized carbons (Fsp3) is 0.174. The molecule has 0 fully saturated rings. The third-order valence-electron chi connectivity index (χ3n) is 5.08. The van der Waals surface area contributed by atoms with Crippen LogP contribution in [-0.2, 0) is 4.79 Å². The lowest BCUT2D eigenvalue weighted by Crippen LogP contribution is -2.44. The van der Waals surface area contributed by atoms with Crippen molar-refractivity contribution in [2.75, 3.05) is 17.2 Å². The smallest absolute Gasteiger partial charge is 0.274 e. The van der Waals surface area contributed by atoms with Gasteiger partial charge in [-0.2, -0.15) is 0 Å². The number of aryl methyl sites for hydroxylation is 2. The zero-order valence-corrected chi connectivity index (χ0v) is 16.3. The van der Waals surface area contributed by atoms with E-state index in [2.05, 4.69) is 4.98 Å². The summed E-state index contributed by atoms with van der Waals surface area (Å²) in [7, 11) is 0. The van der Waals surface area contributed by atoms with E-state index in [1.165, 1.54) is 4.90 Å². The Kier molecular flexibility index (Phi) is 4.76. The van der Waals surface area contributed by atoms with E-state index in [0.717, 1.165) is 11.1 Å². The summed E-state index contributed by atoms with van der Waals surface area (Å²) in [5.74, 6) is 0.408. The highest BCUT2D eigenvalue weighted by Crippen LogP contribution is 2.38. The number of rotatable bonds is 4. The number of benzene rings is 2. The average Bonchev–Trinajstić information content (AvgIpc) is 2.72. The van der Waals surface area contributed by atoms with Crippen LogP contribution in [0.1, 0.15) is 33.2 Å². The first-order valence-electron chi connectivity index (χ1n) is 9.34. The van der Waals surface area contributed by atoms with Crippen LogP contribution in [0.3, 0.4) is 0 Å². The number of aromatic nitrogens is 1. The van der Waals surface area contributed by atoms with Crippen molar-refractivity contribution in [3.8, 4) is 5.75 Å². The third kappa shape index (κ3) is 3.57. The number of nitrogens with zero attached hydrogens (tertiary/aromatic N) is 2. The maximum Gasteiger partial charge on any atom is 0.274 e. The number of anilines is 2. The van der Waals surface area contributed by atoms with Gasteiger partial charge in [0.1, 0.15) is 5.82 Å². The van der Waals surface area contributed by atoms with Gasteiger partial charge in [0.05, 0.1) is 6.54 Å². The number of fused-ring (bicyclic) bond motifs is 1. The van der Waals surface area contributed by atoms with E-state index in [9.17, 15) is 9.59 Å². The van der Waals surface area contributed by atoms with Gasteiger partial charge in [0.25, 0.3) is 5.91 Å². The highest BCUT2D eigenvalue weighted by atomic mass is 16.5. The lowest BCUT2D eigenvalue weighted by atomic mass is 10.0. The van der Waals surface area contributed by atoms with Crippen molar-refractivity contribution >= 4 is 23.3 Å². The Morgan fingerprint density at radius 2 is 1.83 bits per heavy atom. The highest BCUT2D eigenvalue weighted by Gasteiger charge is 2.37. The van der Waals surface area contributed by atoms with Gasteiger partial charge >= 0.3 is 0 Å². The Labute approximate surface area is 168 Å². The van der Waals surface area contributed by atoms with Gasteiger partial charge in [-0.15, -0.1) is 0 Å². The second-order valence-corrected chi connectivity index (χ2v) is 7.11. The maximum absolute atomic E-state index is 13.3. The fourth-order valence-electron chi connectivity index (χ4n) is 3.30. The van der Waals surface area contributed by atoms with Crippen LogP contribution in [0.2, 0.25) is 0 Å². The van der Waals surface area contributed by atoms with Crippen LogP contribution in [0, 0.1) is 13.8 Å². The van der Waals surface area contributed by atoms with Gasteiger partial charge in [-0.05, 0) is 43.2 Å². The topological polar surface area (TPSA) is 85.5 Å². The lowest BCUT2D eigenvalue weighted by molar-refractivity contribution is -0.126. The summed E-state index contributed by atoms with van der Waals surface area (Å²) in [4.78, 5) is 31.8. The molecule has 29 heavy (non-hydrogen) atoms. The van der Waals surface area contributed by atoms with E-state index in [1.807, 2.05) is 56.3 Å². The summed E-state index contributed by atoms with van der Waals surface area (Å²) in [6.07, 6.45) is -0.846. The number of ether oxygens (including phenoxy) is 1. The average molecular weight is 387 g/mol. The third-order valence-corrected chi connectivity index (χ3v) is 5.08. The summed E-state index contributed by atoms with van der Waals surface area (Å²) < 4.78 is 5.92. The molecule has 0 saturated heterocycles. The molecule has 2 heterocycles. The van der Waals surface area contributed by atoms with Gasteiger partial charge in [0, 0.05) is 11.1 Å². The van der Waals surface area contributed by atoms with Crippen molar-refractivity contribution in [1.29, 1.82) is 0 Å². The molecule has 1 aromatic heterocycles. The van der Waals surface area contributed by atoms with Crippen LogP contribution >= 0.6 is 0 Å². The summed E-state index contributed by atoms with van der Waals surface area (Å²) in [6.45, 7) is 3.80. The number of carbonyl (C=O) groups excluding carboxylic acids is 2. The zero-order chi connectivity index (χ0) is 20.5. The molecule has 146 valence electrons. The van der Waals surface area contributed by atoms with E-state index in [4.69, 9.17) is 10.5 Å². The molecule has 0 aliphatic carbocycles. The summed E-state index contributed by atoms with van der Waals surface area (Å²) in [5.41, 5.74) is 9.21. The number of hydrogen-bond acceptors (Lipinski definition) is 5. The Morgan fingerprint density at radius 3 is 2.55 bits per heavy atom. The molecule has 6 heteroatoms. The molecule has 1 aliphatic rings. The Bertz CT molecular complexity index is 1100. The number of amides is 1. The quantitative estimate of drug-likeness (QED) is 0.691. The molecule has 0 radical (unpaired) electrons. The summed E-state index contributed by atoms with van der Waals surface area (Å²) in [5, 5.41) is 0. The van der Waals surface area contributed by atoms with Crippen molar-refractivity contribution < 1.29 is 14.3 Å². The highest BCUT2D eigenvalue weighted by molar-refractivity contribution is 6.08. The molecule has 2 N–H and O–H groups in total. The Balaban J connectivity index is 1.71. The molecule has 2 aromatic carbocycles. The number of nitrogens with two attached hydrogens (primary N) is 1. The summed E-state index contributed by atoms with van der Waals surface area (Å²) >= 11 is 0. The van der Waals surface area contributed by atoms with Gasteiger partial charge < -0.3 is 10.5 Å². The van der Waals surface area contributed by atoms with Crippen LogP contribution in [0.5, 0.6) is 5.75 Å². The normalized spacial score (nSPS) is 15.6. The molecular weight excluding hydrogens is 366 g/mol. The van der Waals surface area contributed by atoms with Gasteiger partial charge in [0.15, 0.2) is 17.4 Å². The van der Waals surface area contributed by atoms with E-state index in [1.54, 1.807) is 18.2 Å². The van der Waals surface area contributed by atoms with Crippen LogP contribution in [-0.4, -0.2) is 23.2 Å². The minimum Gasteiger partial charge on any atom is -0.472 e. The summed E-state index contributed by atoms with van der Waals surface area (Å²) in [6, 6.07) is 18.0. The number of carbonyl (C=O) groups is 2. The van der Waals surface area contributed by atoms with Gasteiger partial charge in [-0.25, -0.2) is 4.98 Å². The molecular formula is C23H21N3O3. The molecule has 0 saturated carbocycles. The maximum atomic E-state index is 13.3. The second-order valence-electron chi connectivity index (χ2n) is 7.11. The first-order chi connectivity index (χ1) is 13.9. The standard InChI is InChI=1S/C23H21N3O3/c1-14-8-9-17(12-15(14)2)18(27)13-26-22-19(10-11-20(24)25-22)29-21(23(26)28)16-6-4-3-5-7-16/h3-12,21H,13H2,1-2H3,(H2,24,25). The molecule has 6 nitrogen and oxygen atoms in total. The number of ketones is 1. The van der Waals surface area contributed by atoms with Crippen LogP contribution in [0.15, 0.2) is 60.7 Å². The number of hydrogen-bond donors (Lipinski definition) is 1. The van der Waals surface area contributed by atoms with Crippen LogP contribution < -0.4 is 15.4 Å². The van der Waals surface area contributed by atoms with Gasteiger partial charge in [-0.1, -0.05) is 42.5 Å². The molecule has 0 bridgehead atoms. The number of pyridine rings is 1. The fourth-order valence-corrected chi connectivity index (χ4v) is 3.30. The minimum atomic E-state index is -0.846. The van der Waals surface area contributed by atoms with E-state index in [0.29, 0.717) is 16.9 Å². The number of Topliss-reactive ketones (excluding diaryl/α,β-unsaturated/α-hetero) is 1. The van der Waals surface area contributed by atoms with E-state index >= 15 is 0 Å². The minimum absolute atomic E-state index is 0.141. The molecule has 3 aromatic rings. The molecule has 4 rings (SSSR count). The molecule has 1 amide bonds. The predicted octanol–water partition coefficient (Wildman–Crippen LogP) is 3.63. The molecule has 0 spiro atoms. The van der Waals surface area contributed by atoms with Crippen molar-refractivity contribution in [3.05, 3.63) is 82.9 Å².